The van der Waals surface area contributed by atoms with Gasteiger partial charge >= 0.3 is 0 Å². The molecule has 0 saturated carbocycles. The van der Waals surface area contributed by atoms with Crippen molar-refractivity contribution in [2.24, 2.45) is 0 Å². The molecule has 1 fully saturated rings. The van der Waals surface area contributed by atoms with Crippen molar-refractivity contribution in [3.63, 3.8) is 0 Å². The summed E-state index contributed by atoms with van der Waals surface area (Å²) in [4.78, 5) is 26.7. The monoisotopic (exact) mass is 363 g/mol. The average Bonchev–Trinajstić information content (AvgIpc) is 2.79. The first-order valence-electron chi connectivity index (χ1n) is 9.68. The fourth-order valence-corrected chi connectivity index (χ4v) is 3.53. The Hall–Kier alpha value is -1.93. The Labute approximate surface area is 153 Å². The van der Waals surface area contributed by atoms with E-state index in [9.17, 15) is 14.7 Å². The predicted octanol–water partition coefficient (Wildman–Crippen LogP) is 0.373. The Morgan fingerprint density at radius 1 is 1.27 bits per heavy atom. The second kappa shape index (κ2) is 9.14. The molecule has 2 aliphatic rings. The molecule has 8 nitrogen and oxygen atoms in total. The molecular weight excluding hydrogens is 334 g/mol. The van der Waals surface area contributed by atoms with E-state index in [0.29, 0.717) is 12.2 Å². The van der Waals surface area contributed by atoms with Crippen LogP contribution in [0.5, 0.6) is 0 Å². The number of hydrogen-bond donors (Lipinski definition) is 3. The molecule has 3 N–H and O–H groups in total. The third-order valence-electron chi connectivity index (χ3n) is 5.01. The Kier molecular flexibility index (Phi) is 6.62. The van der Waals surface area contributed by atoms with Gasteiger partial charge in [-0.05, 0) is 45.3 Å². The van der Waals surface area contributed by atoms with Crippen LogP contribution >= 0.6 is 0 Å². The highest BCUT2D eigenvalue weighted by atomic mass is 16.3. The molecule has 2 aliphatic heterocycles. The minimum absolute atomic E-state index is 0.195. The number of carbonyl (C=O) groups is 2. The number of hydrogen-bond acceptors (Lipinski definition) is 5. The standard InChI is InChI=1S/C18H29N5O3/c24-14-12-20-18(26)16-11-15(21-23(16)13-14)17(25)19-7-3-6-10-22-8-4-1-2-5-9-22/h11,14,24H,1-10,12-13H2,(H,19,25)(H,20,26). The summed E-state index contributed by atoms with van der Waals surface area (Å²) < 4.78 is 1.40. The summed E-state index contributed by atoms with van der Waals surface area (Å²) >= 11 is 0. The number of aromatic nitrogens is 2. The Morgan fingerprint density at radius 3 is 2.81 bits per heavy atom. The van der Waals surface area contributed by atoms with E-state index in [1.807, 2.05) is 0 Å². The molecule has 0 aromatic carbocycles. The molecule has 1 saturated heterocycles. The maximum absolute atomic E-state index is 12.3. The van der Waals surface area contributed by atoms with Crippen molar-refractivity contribution in [2.75, 3.05) is 32.7 Å². The molecule has 26 heavy (non-hydrogen) atoms. The first-order valence-corrected chi connectivity index (χ1v) is 9.68. The van der Waals surface area contributed by atoms with Gasteiger partial charge in [0.25, 0.3) is 11.8 Å². The summed E-state index contributed by atoms with van der Waals surface area (Å²) in [5, 5.41) is 19.4. The van der Waals surface area contributed by atoms with Gasteiger partial charge in [0, 0.05) is 19.2 Å². The molecular formula is C18H29N5O3. The first kappa shape index (κ1) is 18.8. The van der Waals surface area contributed by atoms with Crippen molar-refractivity contribution in [3.8, 4) is 0 Å². The summed E-state index contributed by atoms with van der Waals surface area (Å²) in [6.45, 7) is 4.48. The van der Waals surface area contributed by atoms with Crippen LogP contribution in [-0.4, -0.2) is 70.4 Å². The summed E-state index contributed by atoms with van der Waals surface area (Å²) in [6.07, 6.45) is 6.57. The van der Waals surface area contributed by atoms with Crippen molar-refractivity contribution in [3.05, 3.63) is 17.5 Å². The van der Waals surface area contributed by atoms with Crippen LogP contribution in [0, 0.1) is 0 Å². The zero-order valence-corrected chi connectivity index (χ0v) is 15.2. The van der Waals surface area contributed by atoms with E-state index in [1.165, 1.54) is 49.5 Å². The second-order valence-corrected chi connectivity index (χ2v) is 7.18. The number of aliphatic hydroxyl groups excluding tert-OH is 1. The highest BCUT2D eigenvalue weighted by Gasteiger charge is 2.24. The van der Waals surface area contributed by atoms with Gasteiger partial charge in [0.2, 0.25) is 0 Å². The van der Waals surface area contributed by atoms with Crippen molar-refractivity contribution in [2.45, 2.75) is 51.2 Å². The number of likely N-dealkylation sites (tertiary alicyclic amines) is 1. The number of amides is 2. The summed E-state index contributed by atoms with van der Waals surface area (Å²) in [5.74, 6) is -0.590. The van der Waals surface area contributed by atoms with Crippen LogP contribution in [0.25, 0.3) is 0 Å². The molecule has 1 aromatic rings. The minimum Gasteiger partial charge on any atom is -0.389 e. The fourth-order valence-electron chi connectivity index (χ4n) is 3.53. The van der Waals surface area contributed by atoms with Crippen molar-refractivity contribution in [1.82, 2.24) is 25.3 Å². The van der Waals surface area contributed by atoms with Gasteiger partial charge < -0.3 is 20.6 Å². The predicted molar refractivity (Wildman–Crippen MR) is 97.0 cm³/mol. The third-order valence-corrected chi connectivity index (χ3v) is 5.01. The highest BCUT2D eigenvalue weighted by Crippen LogP contribution is 2.11. The Morgan fingerprint density at radius 2 is 2.04 bits per heavy atom. The SMILES string of the molecule is O=C(NCCCCN1CCCCCC1)c1cc2n(n1)CC(O)CNC2=O. The maximum atomic E-state index is 12.3. The number of β-amino-alcohol motifs (C(OH)–C–C–N with tert-alkyl or cyclic N) is 1. The van der Waals surface area contributed by atoms with Gasteiger partial charge in [-0.15, -0.1) is 0 Å². The molecule has 1 unspecified atom stereocenters. The van der Waals surface area contributed by atoms with E-state index in [1.54, 1.807) is 0 Å². The number of rotatable bonds is 6. The first-order chi connectivity index (χ1) is 12.6. The van der Waals surface area contributed by atoms with E-state index in [4.69, 9.17) is 0 Å². The van der Waals surface area contributed by atoms with Gasteiger partial charge in [0.1, 0.15) is 5.69 Å². The van der Waals surface area contributed by atoms with E-state index in [-0.39, 0.29) is 30.6 Å². The molecule has 3 rings (SSSR count). The fraction of sp³-hybridized carbons (Fsp3) is 0.722. The van der Waals surface area contributed by atoms with Gasteiger partial charge in [-0.1, -0.05) is 12.8 Å². The van der Waals surface area contributed by atoms with E-state index in [2.05, 4.69) is 20.6 Å². The number of nitrogens with zero attached hydrogens (tertiary/aromatic N) is 3. The minimum atomic E-state index is -0.699. The molecule has 3 heterocycles. The number of carbonyl (C=O) groups excluding carboxylic acids is 2. The van der Waals surface area contributed by atoms with Crippen LogP contribution in [0.1, 0.15) is 59.5 Å². The molecule has 0 aliphatic carbocycles. The number of unbranched alkanes of at least 4 members (excludes halogenated alkanes) is 1. The van der Waals surface area contributed by atoms with E-state index >= 15 is 0 Å². The highest BCUT2D eigenvalue weighted by molar-refractivity contribution is 5.98. The van der Waals surface area contributed by atoms with Gasteiger partial charge in [0.15, 0.2) is 5.69 Å². The lowest BCUT2D eigenvalue weighted by molar-refractivity contribution is 0.0931. The lowest BCUT2D eigenvalue weighted by Gasteiger charge is -2.19. The van der Waals surface area contributed by atoms with E-state index in [0.717, 1.165) is 19.4 Å². The van der Waals surface area contributed by atoms with Crippen LogP contribution in [0.4, 0.5) is 0 Å². The number of aliphatic hydroxyl groups is 1. The topological polar surface area (TPSA) is 99.5 Å². The molecule has 0 radical (unpaired) electrons. The molecule has 1 aromatic heterocycles. The van der Waals surface area contributed by atoms with Crippen LogP contribution in [-0.2, 0) is 6.54 Å². The second-order valence-electron chi connectivity index (χ2n) is 7.18. The summed E-state index contributed by atoms with van der Waals surface area (Å²) in [5.41, 5.74) is 0.532. The van der Waals surface area contributed by atoms with Crippen LogP contribution in [0.2, 0.25) is 0 Å². The lowest BCUT2D eigenvalue weighted by Crippen LogP contribution is -2.30. The van der Waals surface area contributed by atoms with E-state index < -0.39 is 6.10 Å². The Balaban J connectivity index is 1.42. The normalized spacial score (nSPS) is 21.4. The van der Waals surface area contributed by atoms with Crippen LogP contribution < -0.4 is 10.6 Å². The van der Waals surface area contributed by atoms with Crippen LogP contribution in [0.15, 0.2) is 6.07 Å². The third kappa shape index (κ3) is 5.04. The molecule has 8 heteroatoms. The van der Waals surface area contributed by atoms with Gasteiger partial charge in [0.05, 0.1) is 12.6 Å². The lowest BCUT2D eigenvalue weighted by atomic mass is 10.2. The van der Waals surface area contributed by atoms with Gasteiger partial charge in [-0.3, -0.25) is 14.3 Å². The quantitative estimate of drug-likeness (QED) is 0.635. The van der Waals surface area contributed by atoms with Gasteiger partial charge in [-0.25, -0.2) is 0 Å². The van der Waals surface area contributed by atoms with Gasteiger partial charge in [-0.2, -0.15) is 5.10 Å². The van der Waals surface area contributed by atoms with Crippen molar-refractivity contribution >= 4 is 11.8 Å². The molecule has 2 amide bonds. The zero-order chi connectivity index (χ0) is 18.4. The summed E-state index contributed by atoms with van der Waals surface area (Å²) in [6, 6.07) is 1.49. The van der Waals surface area contributed by atoms with Crippen LogP contribution in [0.3, 0.4) is 0 Å². The maximum Gasteiger partial charge on any atom is 0.271 e. The van der Waals surface area contributed by atoms with Crippen molar-refractivity contribution in [1.29, 1.82) is 0 Å². The molecule has 0 bridgehead atoms. The largest absolute Gasteiger partial charge is 0.389 e. The molecule has 144 valence electrons. The molecule has 0 spiro atoms. The number of fused-ring (bicyclic) bond motifs is 1. The smallest absolute Gasteiger partial charge is 0.271 e. The molecule has 1 atom stereocenters. The average molecular weight is 363 g/mol. The zero-order valence-electron chi connectivity index (χ0n) is 15.2. The summed E-state index contributed by atoms with van der Waals surface area (Å²) in [7, 11) is 0. The van der Waals surface area contributed by atoms with Crippen molar-refractivity contribution < 1.29 is 14.7 Å². The Bertz CT molecular complexity index is 622. The number of nitrogens with one attached hydrogen (secondary N) is 2.